The predicted molar refractivity (Wildman–Crippen MR) is 57.6 cm³/mol. The van der Waals surface area contributed by atoms with Gasteiger partial charge in [0.2, 0.25) is 0 Å². The highest BCUT2D eigenvalue weighted by Crippen LogP contribution is 2.30. The van der Waals surface area contributed by atoms with Crippen molar-refractivity contribution in [3.63, 3.8) is 0 Å². The lowest BCUT2D eigenvalue weighted by Gasteiger charge is -2.31. The van der Waals surface area contributed by atoms with Crippen molar-refractivity contribution in [1.82, 2.24) is 0 Å². The Morgan fingerprint density at radius 3 is 3.00 bits per heavy atom. The van der Waals surface area contributed by atoms with Gasteiger partial charge in [0, 0.05) is 24.3 Å². The Bertz CT molecular complexity index is 322. The van der Waals surface area contributed by atoms with Crippen LogP contribution in [0.25, 0.3) is 0 Å². The zero-order chi connectivity index (χ0) is 9.42. The lowest BCUT2D eigenvalue weighted by molar-refractivity contribution is 0.552. The van der Waals surface area contributed by atoms with E-state index >= 15 is 0 Å². The van der Waals surface area contributed by atoms with E-state index in [0.29, 0.717) is 0 Å². The smallest absolute Gasteiger partial charge is 0.0426 e. The van der Waals surface area contributed by atoms with Gasteiger partial charge < -0.3 is 4.90 Å². The van der Waals surface area contributed by atoms with E-state index in [9.17, 15) is 0 Å². The average Bonchev–Trinajstić information content (AvgIpc) is 2.06. The lowest BCUT2D eigenvalue weighted by atomic mass is 9.94. The number of benzene rings is 1. The second kappa shape index (κ2) is 3.22. The Balaban J connectivity index is 2.43. The molecule has 1 aliphatic heterocycles. The molecule has 2 rings (SSSR count). The van der Waals surface area contributed by atoms with Crippen LogP contribution in [-0.2, 0) is 6.42 Å². The maximum atomic E-state index is 5.95. The molecule has 0 bridgehead atoms. The van der Waals surface area contributed by atoms with E-state index in [2.05, 4.69) is 31.0 Å². The fourth-order valence-corrected chi connectivity index (χ4v) is 2.24. The van der Waals surface area contributed by atoms with Crippen LogP contribution in [0.2, 0.25) is 5.02 Å². The minimum Gasteiger partial charge on any atom is -0.374 e. The topological polar surface area (TPSA) is 3.24 Å². The Morgan fingerprint density at radius 2 is 2.23 bits per heavy atom. The summed E-state index contributed by atoms with van der Waals surface area (Å²) in [7, 11) is 2.13. The van der Waals surface area contributed by atoms with E-state index in [1.807, 2.05) is 6.07 Å². The zero-order valence-electron chi connectivity index (χ0n) is 8.05. The summed E-state index contributed by atoms with van der Waals surface area (Å²) in [5.74, 6) is 0.749. The van der Waals surface area contributed by atoms with Gasteiger partial charge in [-0.15, -0.1) is 0 Å². The van der Waals surface area contributed by atoms with Crippen molar-refractivity contribution >= 4 is 17.3 Å². The molecule has 0 saturated heterocycles. The predicted octanol–water partition coefficient (Wildman–Crippen LogP) is 2.97. The summed E-state index contributed by atoms with van der Waals surface area (Å²) < 4.78 is 0. The summed E-state index contributed by atoms with van der Waals surface area (Å²) >= 11 is 5.95. The second-order valence-electron chi connectivity index (χ2n) is 3.96. The minimum absolute atomic E-state index is 0.749. The molecule has 0 spiro atoms. The summed E-state index contributed by atoms with van der Waals surface area (Å²) in [5, 5.41) is 0.833. The van der Waals surface area contributed by atoms with Crippen LogP contribution in [0, 0.1) is 5.92 Å². The van der Waals surface area contributed by atoms with Crippen molar-refractivity contribution in [1.29, 1.82) is 0 Å². The number of rotatable bonds is 0. The van der Waals surface area contributed by atoms with E-state index in [4.69, 9.17) is 11.6 Å². The highest BCUT2D eigenvalue weighted by Gasteiger charge is 2.18. The standard InChI is InChI=1S/C11H14ClN/c1-8-5-9-3-4-10(12)6-11(9)13(2)7-8/h3-4,6,8H,5,7H2,1-2H3/t8-/m1/s1. The molecule has 13 heavy (non-hydrogen) atoms. The molecule has 0 unspecified atom stereocenters. The van der Waals surface area contributed by atoms with Gasteiger partial charge in [0.05, 0.1) is 0 Å². The van der Waals surface area contributed by atoms with Crippen molar-refractivity contribution in [3.8, 4) is 0 Å². The molecule has 1 nitrogen and oxygen atoms in total. The highest BCUT2D eigenvalue weighted by atomic mass is 35.5. The summed E-state index contributed by atoms with van der Waals surface area (Å²) in [6, 6.07) is 6.18. The zero-order valence-corrected chi connectivity index (χ0v) is 8.80. The van der Waals surface area contributed by atoms with Gasteiger partial charge in [0.25, 0.3) is 0 Å². The first-order chi connectivity index (χ1) is 6.16. The summed E-state index contributed by atoms with van der Waals surface area (Å²) in [6.45, 7) is 3.42. The summed E-state index contributed by atoms with van der Waals surface area (Å²) in [4.78, 5) is 2.29. The molecule has 1 aromatic carbocycles. The van der Waals surface area contributed by atoms with Crippen molar-refractivity contribution in [2.75, 3.05) is 18.5 Å². The van der Waals surface area contributed by atoms with Gasteiger partial charge in [-0.25, -0.2) is 0 Å². The van der Waals surface area contributed by atoms with Crippen molar-refractivity contribution < 1.29 is 0 Å². The first-order valence-electron chi connectivity index (χ1n) is 4.66. The number of fused-ring (bicyclic) bond motifs is 1. The quantitative estimate of drug-likeness (QED) is 0.615. The molecule has 1 heterocycles. The Kier molecular flexibility index (Phi) is 2.20. The third-order valence-electron chi connectivity index (χ3n) is 2.61. The monoisotopic (exact) mass is 195 g/mol. The number of anilines is 1. The van der Waals surface area contributed by atoms with Crippen LogP contribution in [0.15, 0.2) is 18.2 Å². The molecule has 0 N–H and O–H groups in total. The molecule has 0 saturated carbocycles. The first kappa shape index (κ1) is 8.89. The van der Waals surface area contributed by atoms with Gasteiger partial charge in [-0.2, -0.15) is 0 Å². The van der Waals surface area contributed by atoms with Crippen molar-refractivity contribution in [2.45, 2.75) is 13.3 Å². The number of hydrogen-bond donors (Lipinski definition) is 0. The molecule has 0 amide bonds. The van der Waals surface area contributed by atoms with Crippen molar-refractivity contribution in [2.24, 2.45) is 5.92 Å². The van der Waals surface area contributed by atoms with Gasteiger partial charge in [-0.1, -0.05) is 24.6 Å². The van der Waals surface area contributed by atoms with Gasteiger partial charge in [0.15, 0.2) is 0 Å². The first-order valence-corrected chi connectivity index (χ1v) is 5.04. The SMILES string of the molecule is C[C@@H]1Cc2ccc(Cl)cc2N(C)C1. The molecular formula is C11H14ClN. The van der Waals surface area contributed by atoms with Gasteiger partial charge in [-0.3, -0.25) is 0 Å². The third-order valence-corrected chi connectivity index (χ3v) is 2.85. The molecule has 1 atom stereocenters. The molecule has 1 aromatic rings. The Labute approximate surface area is 84.3 Å². The van der Waals surface area contributed by atoms with E-state index in [1.165, 1.54) is 17.7 Å². The van der Waals surface area contributed by atoms with Gasteiger partial charge in [-0.05, 0) is 30.0 Å². The normalized spacial score (nSPS) is 21.5. The van der Waals surface area contributed by atoms with Gasteiger partial charge >= 0.3 is 0 Å². The van der Waals surface area contributed by atoms with Crippen LogP contribution < -0.4 is 4.90 Å². The molecule has 1 aliphatic rings. The van der Waals surface area contributed by atoms with Crippen LogP contribution >= 0.6 is 11.6 Å². The largest absolute Gasteiger partial charge is 0.374 e. The third kappa shape index (κ3) is 1.66. The second-order valence-corrected chi connectivity index (χ2v) is 4.40. The molecule has 0 aromatic heterocycles. The fraction of sp³-hybridized carbons (Fsp3) is 0.455. The van der Waals surface area contributed by atoms with E-state index in [-0.39, 0.29) is 0 Å². The van der Waals surface area contributed by atoms with Crippen LogP contribution in [0.1, 0.15) is 12.5 Å². The van der Waals surface area contributed by atoms with E-state index < -0.39 is 0 Å². The molecular weight excluding hydrogens is 182 g/mol. The van der Waals surface area contributed by atoms with Crippen LogP contribution in [0.4, 0.5) is 5.69 Å². The summed E-state index contributed by atoms with van der Waals surface area (Å²) in [5.41, 5.74) is 2.72. The Hall–Kier alpha value is -0.690. The van der Waals surface area contributed by atoms with Crippen LogP contribution in [0.3, 0.4) is 0 Å². The molecule has 0 fully saturated rings. The molecule has 2 heteroatoms. The van der Waals surface area contributed by atoms with Gasteiger partial charge in [0.1, 0.15) is 0 Å². The molecule has 0 aliphatic carbocycles. The molecule has 0 radical (unpaired) electrons. The van der Waals surface area contributed by atoms with Crippen molar-refractivity contribution in [3.05, 3.63) is 28.8 Å². The average molecular weight is 196 g/mol. The van der Waals surface area contributed by atoms with Crippen LogP contribution in [-0.4, -0.2) is 13.6 Å². The number of halogens is 1. The molecule has 70 valence electrons. The highest BCUT2D eigenvalue weighted by molar-refractivity contribution is 6.30. The minimum atomic E-state index is 0.749. The maximum absolute atomic E-state index is 5.95. The van der Waals surface area contributed by atoms with E-state index in [0.717, 1.165) is 17.5 Å². The number of hydrogen-bond acceptors (Lipinski definition) is 1. The number of nitrogens with zero attached hydrogens (tertiary/aromatic N) is 1. The van der Waals surface area contributed by atoms with E-state index in [1.54, 1.807) is 0 Å². The summed E-state index contributed by atoms with van der Waals surface area (Å²) in [6.07, 6.45) is 1.18. The Morgan fingerprint density at radius 1 is 1.46 bits per heavy atom. The maximum Gasteiger partial charge on any atom is 0.0426 e. The van der Waals surface area contributed by atoms with Crippen LogP contribution in [0.5, 0.6) is 0 Å². The fourth-order valence-electron chi connectivity index (χ4n) is 2.07. The lowest BCUT2D eigenvalue weighted by Crippen LogP contribution is -2.30.